The molecular weight excluding hydrogens is 354 g/mol. The molecule has 1 aromatic carbocycles. The third-order valence-corrected chi connectivity index (χ3v) is 6.16. The molecule has 2 aromatic heterocycles. The number of aryl methyl sites for hydroxylation is 4. The van der Waals surface area contributed by atoms with Gasteiger partial charge in [-0.05, 0) is 68.8 Å². The van der Waals surface area contributed by atoms with E-state index in [0.717, 1.165) is 22.0 Å². The normalized spacial score (nSPS) is 12.0. The lowest BCUT2D eigenvalue weighted by Crippen LogP contribution is -2.28. The van der Waals surface area contributed by atoms with Crippen LogP contribution in [0.5, 0.6) is 0 Å². The molecule has 0 amide bonds. The molecule has 0 fully saturated rings. The minimum atomic E-state index is -3.73. The van der Waals surface area contributed by atoms with Crippen molar-refractivity contribution in [3.8, 4) is 0 Å². The van der Waals surface area contributed by atoms with Gasteiger partial charge in [0.25, 0.3) is 5.56 Å². The zero-order chi connectivity index (χ0) is 19.1. The Labute approximate surface area is 151 Å². The number of pyridine rings is 1. The lowest BCUT2D eigenvalue weighted by molar-refractivity contribution is 0.390. The molecule has 8 heteroatoms. The number of aromatic amines is 1. The largest absolute Gasteiger partial charge is 0.360 e. The molecule has 0 saturated heterocycles. The molecule has 0 radical (unpaired) electrons. The molecule has 3 aromatic rings. The molecule has 0 unspecified atom stereocenters. The molecular formula is C18H21N3O4S. The van der Waals surface area contributed by atoms with Crippen LogP contribution in [-0.2, 0) is 16.4 Å². The van der Waals surface area contributed by atoms with E-state index in [1.807, 2.05) is 32.0 Å². The molecule has 26 heavy (non-hydrogen) atoms. The molecule has 0 spiro atoms. The van der Waals surface area contributed by atoms with Gasteiger partial charge < -0.3 is 9.51 Å². The average Bonchev–Trinajstić information content (AvgIpc) is 2.89. The lowest BCUT2D eigenvalue weighted by atomic mass is 10.0. The van der Waals surface area contributed by atoms with Crippen molar-refractivity contribution in [3.63, 3.8) is 0 Å². The molecule has 0 atom stereocenters. The number of nitrogens with zero attached hydrogens (tertiary/aromatic N) is 1. The summed E-state index contributed by atoms with van der Waals surface area (Å²) in [5.74, 6) is 0.240. The van der Waals surface area contributed by atoms with Gasteiger partial charge in [-0.15, -0.1) is 0 Å². The van der Waals surface area contributed by atoms with Gasteiger partial charge in [-0.25, -0.2) is 13.1 Å². The van der Waals surface area contributed by atoms with E-state index >= 15 is 0 Å². The number of nitrogens with one attached hydrogen (secondary N) is 2. The summed E-state index contributed by atoms with van der Waals surface area (Å²) in [4.78, 5) is 15.2. The van der Waals surface area contributed by atoms with Crippen molar-refractivity contribution < 1.29 is 12.9 Å². The van der Waals surface area contributed by atoms with Gasteiger partial charge in [0, 0.05) is 17.6 Å². The van der Waals surface area contributed by atoms with Gasteiger partial charge in [0.2, 0.25) is 10.0 Å². The highest BCUT2D eigenvalue weighted by Gasteiger charge is 2.23. The maximum absolute atomic E-state index is 12.4. The number of H-pyrrole nitrogens is 1. The van der Waals surface area contributed by atoms with Gasteiger partial charge in [-0.1, -0.05) is 5.16 Å². The number of hydrogen-bond donors (Lipinski definition) is 2. The van der Waals surface area contributed by atoms with Crippen molar-refractivity contribution in [3.05, 3.63) is 56.7 Å². The summed E-state index contributed by atoms with van der Waals surface area (Å²) in [6.07, 6.45) is 0.279. The third kappa shape index (κ3) is 3.42. The van der Waals surface area contributed by atoms with Gasteiger partial charge in [0.15, 0.2) is 5.76 Å². The summed E-state index contributed by atoms with van der Waals surface area (Å²) in [5.41, 5.74) is 3.64. The Morgan fingerprint density at radius 1 is 1.12 bits per heavy atom. The molecule has 3 rings (SSSR count). The van der Waals surface area contributed by atoms with E-state index in [9.17, 15) is 13.2 Å². The van der Waals surface area contributed by atoms with E-state index < -0.39 is 10.0 Å². The van der Waals surface area contributed by atoms with Crippen molar-refractivity contribution in [2.75, 3.05) is 6.54 Å². The highest BCUT2D eigenvalue weighted by atomic mass is 32.2. The summed E-state index contributed by atoms with van der Waals surface area (Å²) in [6.45, 7) is 7.23. The van der Waals surface area contributed by atoms with Crippen LogP contribution in [-0.4, -0.2) is 25.1 Å². The van der Waals surface area contributed by atoms with Crippen LogP contribution in [0.15, 0.2) is 32.4 Å². The number of fused-ring (bicyclic) bond motifs is 1. The van der Waals surface area contributed by atoms with Crippen LogP contribution in [0.1, 0.15) is 28.1 Å². The topological polar surface area (TPSA) is 105 Å². The van der Waals surface area contributed by atoms with E-state index in [-0.39, 0.29) is 29.2 Å². The quantitative estimate of drug-likeness (QED) is 0.712. The van der Waals surface area contributed by atoms with Crippen LogP contribution in [0.2, 0.25) is 0 Å². The van der Waals surface area contributed by atoms with E-state index in [1.54, 1.807) is 13.8 Å². The zero-order valence-corrected chi connectivity index (χ0v) is 16.0. The molecule has 2 heterocycles. The minimum Gasteiger partial charge on any atom is -0.360 e. The molecule has 2 N–H and O–H groups in total. The van der Waals surface area contributed by atoms with Crippen molar-refractivity contribution in [2.45, 2.75) is 39.0 Å². The second-order valence-corrected chi connectivity index (χ2v) is 8.15. The Morgan fingerprint density at radius 3 is 2.46 bits per heavy atom. The van der Waals surface area contributed by atoms with Crippen molar-refractivity contribution in [1.29, 1.82) is 0 Å². The summed E-state index contributed by atoms with van der Waals surface area (Å²) in [6, 6.07) is 5.76. The molecule has 0 saturated carbocycles. The summed E-state index contributed by atoms with van der Waals surface area (Å²) in [7, 11) is -3.73. The number of hydrogen-bond acceptors (Lipinski definition) is 5. The predicted octanol–water partition coefficient (Wildman–Crippen LogP) is 2.27. The van der Waals surface area contributed by atoms with Crippen LogP contribution in [0.4, 0.5) is 0 Å². The third-order valence-electron chi connectivity index (χ3n) is 4.46. The number of benzene rings is 1. The molecule has 0 aliphatic heterocycles. The van der Waals surface area contributed by atoms with Crippen molar-refractivity contribution >= 4 is 20.9 Å². The minimum absolute atomic E-state index is 0.0519. The Balaban J connectivity index is 1.81. The highest BCUT2D eigenvalue weighted by Crippen LogP contribution is 2.19. The second-order valence-electron chi connectivity index (χ2n) is 6.45. The Bertz CT molecular complexity index is 1120. The first kappa shape index (κ1) is 18.3. The predicted molar refractivity (Wildman–Crippen MR) is 98.9 cm³/mol. The molecule has 7 nitrogen and oxygen atoms in total. The van der Waals surface area contributed by atoms with Gasteiger partial charge >= 0.3 is 0 Å². The monoisotopic (exact) mass is 375 g/mol. The average molecular weight is 375 g/mol. The number of aromatic nitrogens is 2. The fourth-order valence-corrected chi connectivity index (χ4v) is 4.32. The second kappa shape index (κ2) is 6.69. The fourth-order valence-electron chi connectivity index (χ4n) is 2.96. The number of rotatable bonds is 5. The van der Waals surface area contributed by atoms with Crippen molar-refractivity contribution in [1.82, 2.24) is 14.9 Å². The van der Waals surface area contributed by atoms with E-state index in [0.29, 0.717) is 11.3 Å². The van der Waals surface area contributed by atoms with E-state index in [2.05, 4.69) is 14.9 Å². The van der Waals surface area contributed by atoms with Gasteiger partial charge in [-0.3, -0.25) is 4.79 Å². The molecule has 0 aliphatic rings. The molecule has 0 aliphatic carbocycles. The van der Waals surface area contributed by atoms with Gasteiger partial charge in [0.1, 0.15) is 10.6 Å². The Morgan fingerprint density at radius 2 is 1.81 bits per heavy atom. The SMILES string of the molecule is Cc1cc2cc(CCNS(=O)(=O)c3c(C)noc3C)c(=O)[nH]c2cc1C. The zero-order valence-electron chi connectivity index (χ0n) is 15.1. The summed E-state index contributed by atoms with van der Waals surface area (Å²) >= 11 is 0. The van der Waals surface area contributed by atoms with Crippen LogP contribution in [0, 0.1) is 27.7 Å². The Hall–Kier alpha value is -2.45. The van der Waals surface area contributed by atoms with Crippen molar-refractivity contribution in [2.24, 2.45) is 0 Å². The van der Waals surface area contributed by atoms with Gasteiger partial charge in [-0.2, -0.15) is 0 Å². The maximum Gasteiger partial charge on any atom is 0.251 e. The lowest BCUT2D eigenvalue weighted by Gasteiger charge is -2.08. The number of sulfonamides is 1. The van der Waals surface area contributed by atoms with Crippen LogP contribution < -0.4 is 10.3 Å². The van der Waals surface area contributed by atoms with Crippen LogP contribution in [0.3, 0.4) is 0 Å². The van der Waals surface area contributed by atoms with Crippen LogP contribution in [0.25, 0.3) is 10.9 Å². The Kier molecular flexibility index (Phi) is 4.72. The first-order valence-corrected chi connectivity index (χ1v) is 9.73. The summed E-state index contributed by atoms with van der Waals surface area (Å²) < 4.78 is 32.2. The first-order chi connectivity index (χ1) is 12.2. The van der Waals surface area contributed by atoms with Gasteiger partial charge in [0.05, 0.1) is 0 Å². The molecule has 0 bridgehead atoms. The van der Waals surface area contributed by atoms with E-state index in [1.165, 1.54) is 0 Å². The summed E-state index contributed by atoms with van der Waals surface area (Å²) in [5, 5.41) is 4.59. The highest BCUT2D eigenvalue weighted by molar-refractivity contribution is 7.89. The van der Waals surface area contributed by atoms with E-state index in [4.69, 9.17) is 4.52 Å². The standard InChI is InChI=1S/C18H21N3O4S/c1-10-7-15-9-14(18(22)20-16(15)8-11(10)2)5-6-19-26(23,24)17-12(3)21-25-13(17)4/h7-9,19H,5-6H2,1-4H3,(H,20,22). The van der Waals surface area contributed by atoms with Crippen LogP contribution >= 0.6 is 0 Å². The first-order valence-electron chi connectivity index (χ1n) is 8.25. The fraction of sp³-hybridized carbons (Fsp3) is 0.333. The molecule has 138 valence electrons. The maximum atomic E-state index is 12.4. The smallest absolute Gasteiger partial charge is 0.251 e.